The van der Waals surface area contributed by atoms with Gasteiger partial charge in [-0.15, -0.1) is 11.3 Å². The number of ether oxygens (including phenoxy) is 1. The third kappa shape index (κ3) is 3.80. The van der Waals surface area contributed by atoms with E-state index in [0.29, 0.717) is 30.2 Å². The largest absolute Gasteiger partial charge is 0.449 e. The first-order valence-electron chi connectivity index (χ1n) is 9.99. The molecule has 0 radical (unpaired) electrons. The maximum Gasteiger partial charge on any atom is 0.415 e. The number of halogens is 1. The summed E-state index contributed by atoms with van der Waals surface area (Å²) in [5, 5.41) is 2.69. The molecular formula is C22H28FN2O2S+. The van der Waals surface area contributed by atoms with Crippen LogP contribution in [0, 0.1) is 11.7 Å². The number of rotatable bonds is 5. The van der Waals surface area contributed by atoms with Crippen molar-refractivity contribution in [1.82, 2.24) is 0 Å². The monoisotopic (exact) mass is 403 g/mol. The highest BCUT2D eigenvalue weighted by molar-refractivity contribution is 7.14. The molecular weight excluding hydrogens is 375 g/mol. The SMILES string of the molecule is C[N+]1(C)C2CCC1CC(COC(=O)N(Cc1ccccc1F)c1cccs1)C2. The molecule has 6 heteroatoms. The smallest absolute Gasteiger partial charge is 0.415 e. The molecule has 2 aliphatic rings. The zero-order valence-corrected chi connectivity index (χ0v) is 17.3. The van der Waals surface area contributed by atoms with Gasteiger partial charge in [0.2, 0.25) is 0 Å². The van der Waals surface area contributed by atoms with Crippen LogP contribution >= 0.6 is 11.3 Å². The molecule has 2 fully saturated rings. The molecule has 0 aliphatic carbocycles. The summed E-state index contributed by atoms with van der Waals surface area (Å²) in [5.41, 5.74) is 0.489. The predicted octanol–water partition coefficient (Wildman–Crippen LogP) is 5.05. The van der Waals surface area contributed by atoms with Gasteiger partial charge in [0, 0.05) is 37.2 Å². The van der Waals surface area contributed by atoms with E-state index in [4.69, 9.17) is 4.74 Å². The van der Waals surface area contributed by atoms with Gasteiger partial charge in [-0.1, -0.05) is 18.2 Å². The number of quaternary nitrogens is 1. The molecule has 1 amide bonds. The van der Waals surface area contributed by atoms with Gasteiger partial charge >= 0.3 is 6.09 Å². The highest BCUT2D eigenvalue weighted by Crippen LogP contribution is 2.42. The average Bonchev–Trinajstić information content (AvgIpc) is 3.21. The molecule has 4 nitrogen and oxygen atoms in total. The van der Waals surface area contributed by atoms with Gasteiger partial charge in [0.15, 0.2) is 0 Å². The van der Waals surface area contributed by atoms with E-state index >= 15 is 0 Å². The summed E-state index contributed by atoms with van der Waals surface area (Å²) < 4.78 is 21.0. The number of hydrogen-bond acceptors (Lipinski definition) is 3. The van der Waals surface area contributed by atoms with E-state index in [9.17, 15) is 9.18 Å². The van der Waals surface area contributed by atoms with E-state index < -0.39 is 6.09 Å². The molecule has 3 heterocycles. The van der Waals surface area contributed by atoms with Crippen LogP contribution in [0.1, 0.15) is 31.2 Å². The van der Waals surface area contributed by atoms with E-state index in [1.54, 1.807) is 23.1 Å². The molecule has 2 aromatic rings. The Balaban J connectivity index is 1.41. The Kier molecular flexibility index (Phi) is 5.43. The van der Waals surface area contributed by atoms with E-state index in [1.807, 2.05) is 17.5 Å². The number of hydrogen-bond donors (Lipinski definition) is 0. The zero-order chi connectivity index (χ0) is 19.7. The third-order valence-electron chi connectivity index (χ3n) is 6.65. The Morgan fingerprint density at radius 2 is 1.89 bits per heavy atom. The molecule has 2 atom stereocenters. The van der Waals surface area contributed by atoms with Gasteiger partial charge in [0.1, 0.15) is 10.8 Å². The van der Waals surface area contributed by atoms with Crippen LogP contribution in [0.3, 0.4) is 0 Å². The number of amides is 1. The van der Waals surface area contributed by atoms with Crippen molar-refractivity contribution in [1.29, 1.82) is 0 Å². The minimum atomic E-state index is -0.391. The summed E-state index contributed by atoms with van der Waals surface area (Å²) in [6.07, 6.45) is 4.39. The van der Waals surface area contributed by atoms with Gasteiger partial charge < -0.3 is 9.22 Å². The average molecular weight is 404 g/mol. The first-order valence-corrected chi connectivity index (χ1v) is 10.9. The molecule has 0 spiro atoms. The quantitative estimate of drug-likeness (QED) is 0.654. The number of carbonyl (C=O) groups excluding carboxylic acids is 1. The molecule has 2 unspecified atom stereocenters. The van der Waals surface area contributed by atoms with Gasteiger partial charge in [0.05, 0.1) is 39.3 Å². The second-order valence-corrected chi connectivity index (χ2v) is 9.48. The normalized spacial score (nSPS) is 25.5. The van der Waals surface area contributed by atoms with E-state index in [0.717, 1.165) is 22.3 Å². The van der Waals surface area contributed by atoms with Crippen LogP contribution < -0.4 is 4.90 Å². The van der Waals surface area contributed by atoms with Crippen LogP contribution in [0.5, 0.6) is 0 Å². The van der Waals surface area contributed by atoms with Gasteiger partial charge in [-0.25, -0.2) is 9.18 Å². The maximum atomic E-state index is 14.1. The Morgan fingerprint density at radius 1 is 1.18 bits per heavy atom. The Hall–Kier alpha value is -1.92. The Bertz CT molecular complexity index is 808. The Labute approximate surface area is 170 Å². The second kappa shape index (κ2) is 7.84. The molecule has 28 heavy (non-hydrogen) atoms. The zero-order valence-electron chi connectivity index (χ0n) is 16.5. The number of carbonyl (C=O) groups is 1. The number of nitrogens with zero attached hydrogens (tertiary/aromatic N) is 2. The van der Waals surface area contributed by atoms with Crippen LogP contribution in [-0.2, 0) is 11.3 Å². The topological polar surface area (TPSA) is 29.5 Å². The summed E-state index contributed by atoms with van der Waals surface area (Å²) in [5.74, 6) is 0.118. The number of anilines is 1. The van der Waals surface area contributed by atoms with Crippen LogP contribution in [0.25, 0.3) is 0 Å². The van der Waals surface area contributed by atoms with Gasteiger partial charge in [-0.2, -0.15) is 0 Å². The lowest BCUT2D eigenvalue weighted by Gasteiger charge is -2.44. The Morgan fingerprint density at radius 3 is 2.54 bits per heavy atom. The van der Waals surface area contributed by atoms with E-state index in [2.05, 4.69) is 14.1 Å². The van der Waals surface area contributed by atoms with Crippen LogP contribution in [0.4, 0.5) is 14.2 Å². The summed E-state index contributed by atoms with van der Waals surface area (Å²) in [6, 6.07) is 11.7. The lowest BCUT2D eigenvalue weighted by molar-refractivity contribution is -0.931. The molecule has 2 aliphatic heterocycles. The molecule has 1 aromatic carbocycles. The fourth-order valence-electron chi connectivity index (χ4n) is 4.85. The third-order valence-corrected chi connectivity index (χ3v) is 7.54. The first-order chi connectivity index (χ1) is 13.4. The van der Waals surface area contributed by atoms with Crippen molar-refractivity contribution in [3.8, 4) is 0 Å². The molecule has 4 rings (SSSR count). The summed E-state index contributed by atoms with van der Waals surface area (Å²) >= 11 is 1.46. The molecule has 2 saturated heterocycles. The van der Waals surface area contributed by atoms with Crippen molar-refractivity contribution in [3.05, 3.63) is 53.2 Å². The summed E-state index contributed by atoms with van der Waals surface area (Å²) in [7, 11) is 4.66. The minimum Gasteiger partial charge on any atom is -0.449 e. The van der Waals surface area contributed by atoms with E-state index in [1.165, 1.54) is 30.2 Å². The lowest BCUT2D eigenvalue weighted by atomic mass is 9.90. The summed E-state index contributed by atoms with van der Waals surface area (Å²) in [6.45, 7) is 0.622. The molecule has 0 N–H and O–H groups in total. The number of thiophene rings is 1. The molecule has 150 valence electrons. The standard InChI is InChI=1S/C22H28FN2O2S/c1-25(2)18-9-10-19(25)13-16(12-18)15-27-22(26)24(21-8-5-11-28-21)14-17-6-3-4-7-20(17)23/h3-8,11,16,18-19H,9-10,12-15H2,1-2H3/q+1. The van der Waals surface area contributed by atoms with Crippen LogP contribution in [-0.4, -0.2) is 43.4 Å². The van der Waals surface area contributed by atoms with E-state index in [-0.39, 0.29) is 12.4 Å². The number of fused-ring (bicyclic) bond motifs is 2. The fourth-order valence-corrected chi connectivity index (χ4v) is 5.57. The first kappa shape index (κ1) is 19.4. The molecule has 0 saturated carbocycles. The predicted molar refractivity (Wildman–Crippen MR) is 110 cm³/mol. The highest BCUT2D eigenvalue weighted by atomic mass is 32.1. The van der Waals surface area contributed by atoms with Crippen molar-refractivity contribution in [2.24, 2.45) is 5.92 Å². The minimum absolute atomic E-state index is 0.172. The fraction of sp³-hybridized carbons (Fsp3) is 0.500. The maximum absolute atomic E-state index is 14.1. The van der Waals surface area contributed by atoms with Gasteiger partial charge in [0.25, 0.3) is 0 Å². The molecule has 2 bridgehead atoms. The van der Waals surface area contributed by atoms with Crippen LogP contribution in [0.2, 0.25) is 0 Å². The van der Waals surface area contributed by atoms with Crippen LogP contribution in [0.15, 0.2) is 41.8 Å². The van der Waals surface area contributed by atoms with Crippen molar-refractivity contribution >= 4 is 22.4 Å². The van der Waals surface area contributed by atoms with Gasteiger partial charge in [-0.3, -0.25) is 4.90 Å². The van der Waals surface area contributed by atoms with Crippen molar-refractivity contribution < 1.29 is 18.4 Å². The number of benzene rings is 1. The second-order valence-electron chi connectivity index (χ2n) is 8.56. The highest BCUT2D eigenvalue weighted by Gasteiger charge is 2.49. The van der Waals surface area contributed by atoms with Gasteiger partial charge in [-0.05, 0) is 23.6 Å². The molecule has 1 aromatic heterocycles. The number of piperidine rings is 1. The lowest BCUT2D eigenvalue weighted by Crippen LogP contribution is -2.55. The summed E-state index contributed by atoms with van der Waals surface area (Å²) in [4.78, 5) is 14.4. The van der Waals surface area contributed by atoms with Crippen molar-refractivity contribution in [2.75, 3.05) is 25.6 Å². The van der Waals surface area contributed by atoms with Crippen molar-refractivity contribution in [2.45, 2.75) is 44.3 Å². The van der Waals surface area contributed by atoms with Crippen molar-refractivity contribution in [3.63, 3.8) is 0 Å².